The Morgan fingerprint density at radius 1 is 1.35 bits per heavy atom. The molecule has 0 aromatic heterocycles. The number of morpholine rings is 1. The number of rotatable bonds is 6. The Morgan fingerprint density at radius 3 is 2.80 bits per heavy atom. The van der Waals surface area contributed by atoms with Gasteiger partial charge in [0.15, 0.2) is 0 Å². The molecule has 0 radical (unpaired) electrons. The fourth-order valence-electron chi connectivity index (χ4n) is 3.20. The summed E-state index contributed by atoms with van der Waals surface area (Å²) in [7, 11) is 0. The third-order valence-electron chi connectivity index (χ3n) is 4.39. The van der Waals surface area contributed by atoms with Crippen molar-refractivity contribution in [3.8, 4) is 0 Å². The first-order chi connectivity index (χ1) is 9.69. The van der Waals surface area contributed by atoms with Crippen LogP contribution in [0.2, 0.25) is 0 Å². The number of ether oxygens (including phenoxy) is 1. The van der Waals surface area contributed by atoms with Crippen LogP contribution in [0.25, 0.3) is 0 Å². The van der Waals surface area contributed by atoms with Crippen LogP contribution in [0.15, 0.2) is 0 Å². The van der Waals surface area contributed by atoms with Crippen LogP contribution in [0.4, 0.5) is 0 Å². The minimum Gasteiger partial charge on any atom is -0.374 e. The van der Waals surface area contributed by atoms with Crippen LogP contribution >= 0.6 is 0 Å². The van der Waals surface area contributed by atoms with Gasteiger partial charge < -0.3 is 9.64 Å². The minimum absolute atomic E-state index is 0.0100. The van der Waals surface area contributed by atoms with Gasteiger partial charge in [0.25, 0.3) is 0 Å². The monoisotopic (exact) mass is 283 g/mol. The highest BCUT2D eigenvalue weighted by Gasteiger charge is 2.38. The summed E-state index contributed by atoms with van der Waals surface area (Å²) in [5, 5.41) is 3.46. The van der Waals surface area contributed by atoms with E-state index in [0.29, 0.717) is 0 Å². The largest absolute Gasteiger partial charge is 0.374 e. The lowest BCUT2D eigenvalue weighted by Gasteiger charge is -2.35. The van der Waals surface area contributed by atoms with E-state index in [0.717, 1.165) is 52.0 Å². The Hall–Kier alpha value is -0.650. The van der Waals surface area contributed by atoms with E-state index in [4.69, 9.17) is 4.74 Å². The van der Waals surface area contributed by atoms with Crippen LogP contribution < -0.4 is 5.32 Å². The molecule has 1 N–H and O–H groups in total. The zero-order valence-corrected chi connectivity index (χ0v) is 13.1. The summed E-state index contributed by atoms with van der Waals surface area (Å²) in [4.78, 5) is 16.9. The van der Waals surface area contributed by atoms with Gasteiger partial charge in [-0.2, -0.15) is 0 Å². The van der Waals surface area contributed by atoms with Crippen molar-refractivity contribution in [1.29, 1.82) is 0 Å². The second-order valence-electron chi connectivity index (χ2n) is 5.81. The number of nitrogens with one attached hydrogen (secondary N) is 1. The van der Waals surface area contributed by atoms with E-state index in [1.807, 2.05) is 4.90 Å². The van der Waals surface area contributed by atoms with Gasteiger partial charge in [0.05, 0.1) is 24.9 Å². The first-order valence-corrected chi connectivity index (χ1v) is 8.10. The molecular weight excluding hydrogens is 254 g/mol. The summed E-state index contributed by atoms with van der Waals surface area (Å²) >= 11 is 0. The first-order valence-electron chi connectivity index (χ1n) is 8.10. The molecule has 2 fully saturated rings. The highest BCUT2D eigenvalue weighted by Crippen LogP contribution is 2.19. The van der Waals surface area contributed by atoms with Gasteiger partial charge >= 0.3 is 0 Å². The lowest BCUT2D eigenvalue weighted by Crippen LogP contribution is -2.50. The van der Waals surface area contributed by atoms with E-state index >= 15 is 0 Å². The number of nitrogens with zero attached hydrogens (tertiary/aromatic N) is 2. The second-order valence-corrected chi connectivity index (χ2v) is 5.81. The summed E-state index contributed by atoms with van der Waals surface area (Å²) in [5.74, 6) is 0.260. The zero-order chi connectivity index (χ0) is 14.5. The van der Waals surface area contributed by atoms with Crippen LogP contribution in [0, 0.1) is 0 Å². The lowest BCUT2D eigenvalue weighted by atomic mass is 10.1. The number of hydrogen-bond donors (Lipinski definition) is 1. The normalized spacial score (nSPS) is 32.0. The molecule has 3 atom stereocenters. The topological polar surface area (TPSA) is 44.8 Å². The number of carbonyl (C=O) groups excluding carboxylic acids is 1. The fourth-order valence-corrected chi connectivity index (χ4v) is 3.20. The molecule has 2 aliphatic rings. The molecule has 2 saturated heterocycles. The highest BCUT2D eigenvalue weighted by atomic mass is 16.5. The van der Waals surface area contributed by atoms with Crippen LogP contribution in [0.3, 0.4) is 0 Å². The molecule has 0 spiro atoms. The minimum atomic E-state index is 0.0100. The van der Waals surface area contributed by atoms with Gasteiger partial charge in [-0.25, -0.2) is 0 Å². The molecule has 0 bridgehead atoms. The number of likely N-dealkylation sites (N-methyl/N-ethyl adjacent to an activating group) is 1. The maximum Gasteiger partial charge on any atom is 0.241 e. The Labute approximate surface area is 122 Å². The summed E-state index contributed by atoms with van der Waals surface area (Å²) < 4.78 is 5.84. The van der Waals surface area contributed by atoms with Gasteiger partial charge in [-0.15, -0.1) is 0 Å². The molecule has 0 saturated carbocycles. The molecule has 1 amide bonds. The van der Waals surface area contributed by atoms with E-state index in [1.165, 1.54) is 0 Å². The van der Waals surface area contributed by atoms with Crippen molar-refractivity contribution < 1.29 is 9.53 Å². The smallest absolute Gasteiger partial charge is 0.241 e. The fraction of sp³-hybridized carbons (Fsp3) is 0.933. The van der Waals surface area contributed by atoms with Gasteiger partial charge in [0, 0.05) is 19.6 Å². The first kappa shape index (κ1) is 15.7. The highest BCUT2D eigenvalue weighted by molar-refractivity contribution is 5.84. The zero-order valence-electron chi connectivity index (χ0n) is 13.1. The maximum atomic E-state index is 12.5. The molecule has 5 nitrogen and oxygen atoms in total. The molecule has 3 unspecified atom stereocenters. The van der Waals surface area contributed by atoms with Crippen LogP contribution in [0.5, 0.6) is 0 Å². The molecular formula is C15H29N3O2. The van der Waals surface area contributed by atoms with Crippen LogP contribution in [-0.4, -0.2) is 66.8 Å². The number of amides is 1. The predicted octanol–water partition coefficient (Wildman–Crippen LogP) is 1.04. The van der Waals surface area contributed by atoms with Crippen molar-refractivity contribution in [2.45, 2.75) is 58.3 Å². The van der Waals surface area contributed by atoms with Crippen molar-refractivity contribution in [2.75, 3.05) is 32.8 Å². The van der Waals surface area contributed by atoms with Gasteiger partial charge in [0.1, 0.15) is 0 Å². The third-order valence-corrected chi connectivity index (χ3v) is 4.39. The Balaban J connectivity index is 1.94. The van der Waals surface area contributed by atoms with E-state index < -0.39 is 0 Å². The van der Waals surface area contributed by atoms with E-state index in [-0.39, 0.29) is 24.2 Å². The average Bonchev–Trinajstić information content (AvgIpc) is 2.76. The van der Waals surface area contributed by atoms with Crippen LogP contribution in [-0.2, 0) is 9.53 Å². The molecule has 2 rings (SSSR count). The molecule has 2 heterocycles. The third kappa shape index (κ3) is 3.51. The Bertz CT molecular complexity index is 324. The average molecular weight is 283 g/mol. The molecule has 0 aromatic carbocycles. The molecule has 0 aromatic rings. The summed E-state index contributed by atoms with van der Waals surface area (Å²) in [6.07, 6.45) is 3.26. The molecule has 116 valence electrons. The molecule has 2 aliphatic heterocycles. The summed E-state index contributed by atoms with van der Waals surface area (Å²) in [6.45, 7) is 10.9. The maximum absolute atomic E-state index is 12.5. The van der Waals surface area contributed by atoms with Gasteiger partial charge in [-0.05, 0) is 19.4 Å². The van der Waals surface area contributed by atoms with Gasteiger partial charge in [-0.1, -0.05) is 27.2 Å². The van der Waals surface area contributed by atoms with Crippen LogP contribution in [0.1, 0.15) is 40.0 Å². The Kier molecular flexibility index (Phi) is 5.81. The van der Waals surface area contributed by atoms with Gasteiger partial charge in [-0.3, -0.25) is 15.0 Å². The second kappa shape index (κ2) is 7.38. The number of carbonyl (C=O) groups is 1. The van der Waals surface area contributed by atoms with Crippen molar-refractivity contribution in [1.82, 2.24) is 15.1 Å². The standard InChI is InChI=1S/C15H29N3O2/c1-4-7-13-15(19)18(14(5-2)16-13)11-12-10-17(6-3)8-9-20-12/h12-14,16H,4-11H2,1-3H3. The van der Waals surface area contributed by atoms with E-state index in [9.17, 15) is 4.79 Å². The number of hydrogen-bond acceptors (Lipinski definition) is 4. The van der Waals surface area contributed by atoms with E-state index in [1.54, 1.807) is 0 Å². The van der Waals surface area contributed by atoms with Crippen molar-refractivity contribution in [3.63, 3.8) is 0 Å². The van der Waals surface area contributed by atoms with Crippen molar-refractivity contribution in [3.05, 3.63) is 0 Å². The van der Waals surface area contributed by atoms with Crippen molar-refractivity contribution in [2.24, 2.45) is 0 Å². The van der Waals surface area contributed by atoms with Gasteiger partial charge in [0.2, 0.25) is 5.91 Å². The predicted molar refractivity (Wildman–Crippen MR) is 79.5 cm³/mol. The van der Waals surface area contributed by atoms with E-state index in [2.05, 4.69) is 31.0 Å². The van der Waals surface area contributed by atoms with Crippen molar-refractivity contribution >= 4 is 5.91 Å². The molecule has 0 aliphatic carbocycles. The summed E-state index contributed by atoms with van der Waals surface area (Å²) in [5.41, 5.74) is 0. The Morgan fingerprint density at radius 2 is 2.15 bits per heavy atom. The molecule has 20 heavy (non-hydrogen) atoms. The lowest BCUT2D eigenvalue weighted by molar-refractivity contribution is -0.133. The quantitative estimate of drug-likeness (QED) is 0.791. The summed E-state index contributed by atoms with van der Waals surface area (Å²) in [6, 6.07) is 0.0100. The SMILES string of the molecule is CCCC1NC(CC)N(CC2CN(CC)CCO2)C1=O. The molecule has 5 heteroatoms.